The van der Waals surface area contributed by atoms with Gasteiger partial charge in [-0.1, -0.05) is 44.7 Å². The van der Waals surface area contributed by atoms with Gasteiger partial charge >= 0.3 is 6.11 Å². The molecule has 3 fully saturated rings. The second-order valence-corrected chi connectivity index (χ2v) is 13.3. The molecule has 0 saturated heterocycles. The highest BCUT2D eigenvalue weighted by molar-refractivity contribution is 5.30. The molecule has 0 N–H and O–H groups in total. The predicted octanol–water partition coefficient (Wildman–Crippen LogP) is 11.6. The highest BCUT2D eigenvalue weighted by atomic mass is 19.3. The Hall–Kier alpha value is -2.04. The molecule has 41 heavy (non-hydrogen) atoms. The molecule has 0 aliphatic heterocycles. The van der Waals surface area contributed by atoms with Gasteiger partial charge in [0, 0.05) is 0 Å². The van der Waals surface area contributed by atoms with E-state index in [1.54, 1.807) is 0 Å². The lowest BCUT2D eigenvalue weighted by Gasteiger charge is -2.39. The van der Waals surface area contributed by atoms with E-state index in [-0.39, 0.29) is 17.5 Å². The number of benzene rings is 2. The lowest BCUT2D eigenvalue weighted by atomic mass is 9.68. The van der Waals surface area contributed by atoms with E-state index in [4.69, 9.17) is 4.74 Å². The fraction of sp³-hybridized carbons (Fsp3) is 0.667. The van der Waals surface area contributed by atoms with Crippen molar-refractivity contribution in [3.05, 3.63) is 65.2 Å². The van der Waals surface area contributed by atoms with Gasteiger partial charge in [-0.25, -0.2) is 8.78 Å². The van der Waals surface area contributed by atoms with Crippen LogP contribution in [-0.4, -0.2) is 6.11 Å². The van der Waals surface area contributed by atoms with Gasteiger partial charge in [-0.05, 0) is 148 Å². The number of hydrogen-bond acceptors (Lipinski definition) is 1. The first-order chi connectivity index (χ1) is 19.8. The van der Waals surface area contributed by atoms with Crippen LogP contribution in [0.3, 0.4) is 0 Å². The first-order valence-electron chi connectivity index (χ1n) is 16.4. The third kappa shape index (κ3) is 7.87. The predicted molar refractivity (Wildman–Crippen MR) is 157 cm³/mol. The van der Waals surface area contributed by atoms with Crippen LogP contribution in [0.4, 0.5) is 17.6 Å². The fourth-order valence-electron chi connectivity index (χ4n) is 8.17. The largest absolute Gasteiger partial charge is 0.432 e. The molecule has 2 aromatic carbocycles. The molecule has 3 aliphatic carbocycles. The average molecular weight is 573 g/mol. The van der Waals surface area contributed by atoms with Gasteiger partial charge in [0.25, 0.3) is 0 Å². The molecule has 0 radical (unpaired) electrons. The van der Waals surface area contributed by atoms with Gasteiger partial charge in [-0.15, -0.1) is 0 Å². The van der Waals surface area contributed by atoms with E-state index in [2.05, 4.69) is 19.1 Å². The molecule has 0 unspecified atom stereocenters. The van der Waals surface area contributed by atoms with Crippen molar-refractivity contribution in [2.45, 2.75) is 128 Å². The second-order valence-electron chi connectivity index (χ2n) is 13.3. The van der Waals surface area contributed by atoms with Crippen LogP contribution in [0.5, 0.6) is 5.75 Å². The standard InChI is InChI=1S/C36H48F4O/c1-2-3-4-5-25-6-8-28(9-7-25)30-16-23-34(35(38)24-30)29-12-10-26(11-13-29)27-14-17-31(18-15-27)36(39,40)41-33-21-19-32(37)20-22-33/h16,19-29,31H,2-15,17-18H2,1H3. The number of unbranched alkanes of at least 4 members (excludes halogenated alkanes) is 2. The third-order valence-electron chi connectivity index (χ3n) is 10.8. The molecule has 5 rings (SSSR count). The number of alkyl halides is 2. The van der Waals surface area contributed by atoms with Crippen molar-refractivity contribution in [3.63, 3.8) is 0 Å². The lowest BCUT2D eigenvalue weighted by molar-refractivity contribution is -0.224. The summed E-state index contributed by atoms with van der Waals surface area (Å²) in [7, 11) is 0. The normalized spacial score (nSPS) is 29.3. The molecule has 0 aromatic heterocycles. The first-order valence-corrected chi connectivity index (χ1v) is 16.4. The number of ether oxygens (including phenoxy) is 1. The maximum absolute atomic E-state index is 15.4. The summed E-state index contributed by atoms with van der Waals surface area (Å²) >= 11 is 0. The van der Waals surface area contributed by atoms with E-state index < -0.39 is 17.8 Å². The van der Waals surface area contributed by atoms with Gasteiger partial charge < -0.3 is 4.74 Å². The van der Waals surface area contributed by atoms with Crippen LogP contribution in [0.2, 0.25) is 0 Å². The molecular formula is C36H48F4O. The van der Waals surface area contributed by atoms with Gasteiger partial charge in [-0.2, -0.15) is 8.78 Å². The van der Waals surface area contributed by atoms with E-state index in [9.17, 15) is 13.2 Å². The summed E-state index contributed by atoms with van der Waals surface area (Å²) in [6.45, 7) is 2.26. The van der Waals surface area contributed by atoms with Crippen LogP contribution in [-0.2, 0) is 0 Å². The minimum atomic E-state index is -3.25. The van der Waals surface area contributed by atoms with E-state index in [0.29, 0.717) is 30.6 Å². The Morgan fingerprint density at radius 3 is 1.93 bits per heavy atom. The van der Waals surface area contributed by atoms with Gasteiger partial charge in [0.1, 0.15) is 17.4 Å². The summed E-state index contributed by atoms with van der Waals surface area (Å²) < 4.78 is 63.1. The summed E-state index contributed by atoms with van der Waals surface area (Å²) in [6.07, 6.45) is 13.5. The van der Waals surface area contributed by atoms with Crippen molar-refractivity contribution in [1.82, 2.24) is 0 Å². The quantitative estimate of drug-likeness (QED) is 0.203. The summed E-state index contributed by atoms with van der Waals surface area (Å²) in [5.41, 5.74) is 2.06. The Labute approximate surface area is 244 Å². The topological polar surface area (TPSA) is 9.23 Å². The Kier molecular flexibility index (Phi) is 10.4. The van der Waals surface area contributed by atoms with E-state index >= 15 is 4.39 Å². The van der Waals surface area contributed by atoms with Crippen LogP contribution >= 0.6 is 0 Å². The number of rotatable bonds is 10. The summed E-state index contributed by atoms with van der Waals surface area (Å²) in [5.74, 6) is 1.30. The van der Waals surface area contributed by atoms with Crippen molar-refractivity contribution in [3.8, 4) is 5.75 Å². The van der Waals surface area contributed by atoms with E-state index in [0.717, 1.165) is 62.1 Å². The van der Waals surface area contributed by atoms with E-state index in [1.165, 1.54) is 69.1 Å². The molecule has 5 heteroatoms. The second kappa shape index (κ2) is 14.0. The zero-order valence-electron chi connectivity index (χ0n) is 24.7. The highest BCUT2D eigenvalue weighted by Gasteiger charge is 2.45. The maximum atomic E-state index is 15.4. The van der Waals surface area contributed by atoms with Crippen molar-refractivity contribution >= 4 is 0 Å². The SMILES string of the molecule is CCCCCC1CCC(c2ccc(C3CCC(C4CCC(C(F)(F)Oc5ccc(F)cc5)CC4)CC3)c(F)c2)CC1. The summed E-state index contributed by atoms with van der Waals surface area (Å²) in [4.78, 5) is 0. The van der Waals surface area contributed by atoms with Crippen molar-refractivity contribution < 1.29 is 22.3 Å². The van der Waals surface area contributed by atoms with Crippen LogP contribution in [0, 0.1) is 35.3 Å². The Bertz CT molecular complexity index is 1080. The maximum Gasteiger partial charge on any atom is 0.400 e. The lowest BCUT2D eigenvalue weighted by Crippen LogP contribution is -2.38. The van der Waals surface area contributed by atoms with Gasteiger partial charge in [0.05, 0.1) is 5.92 Å². The zero-order valence-corrected chi connectivity index (χ0v) is 24.7. The first kappa shape index (κ1) is 30.4. The molecule has 3 aliphatic rings. The van der Waals surface area contributed by atoms with Gasteiger partial charge in [0.2, 0.25) is 0 Å². The van der Waals surface area contributed by atoms with Crippen LogP contribution < -0.4 is 4.74 Å². The molecule has 1 nitrogen and oxygen atoms in total. The molecule has 0 spiro atoms. The monoisotopic (exact) mass is 572 g/mol. The Morgan fingerprint density at radius 1 is 0.707 bits per heavy atom. The third-order valence-corrected chi connectivity index (χ3v) is 10.8. The van der Waals surface area contributed by atoms with E-state index in [1.807, 2.05) is 6.07 Å². The zero-order chi connectivity index (χ0) is 28.8. The fourth-order valence-corrected chi connectivity index (χ4v) is 8.17. The minimum absolute atomic E-state index is 0.00213. The molecule has 2 aromatic rings. The summed E-state index contributed by atoms with van der Waals surface area (Å²) in [5, 5.41) is 0. The average Bonchev–Trinajstić information content (AvgIpc) is 2.99. The molecular weight excluding hydrogens is 524 g/mol. The van der Waals surface area contributed by atoms with Gasteiger partial charge in [0.15, 0.2) is 0 Å². The minimum Gasteiger partial charge on any atom is -0.432 e. The van der Waals surface area contributed by atoms with Crippen molar-refractivity contribution in [1.29, 1.82) is 0 Å². The van der Waals surface area contributed by atoms with Crippen LogP contribution in [0.1, 0.15) is 133 Å². The molecule has 0 atom stereocenters. The molecule has 0 bridgehead atoms. The smallest absolute Gasteiger partial charge is 0.400 e. The number of halogens is 4. The number of hydrogen-bond donors (Lipinski definition) is 0. The Morgan fingerprint density at radius 2 is 1.32 bits per heavy atom. The highest BCUT2D eigenvalue weighted by Crippen LogP contribution is 2.47. The van der Waals surface area contributed by atoms with Crippen molar-refractivity contribution in [2.24, 2.45) is 23.7 Å². The molecule has 0 heterocycles. The Balaban J connectivity index is 1.07. The van der Waals surface area contributed by atoms with Crippen molar-refractivity contribution in [2.75, 3.05) is 0 Å². The molecule has 0 amide bonds. The molecule has 226 valence electrons. The van der Waals surface area contributed by atoms with Crippen LogP contribution in [0.25, 0.3) is 0 Å². The van der Waals surface area contributed by atoms with Gasteiger partial charge in [-0.3, -0.25) is 0 Å². The molecule has 3 saturated carbocycles. The van der Waals surface area contributed by atoms with Crippen LogP contribution in [0.15, 0.2) is 42.5 Å². The summed E-state index contributed by atoms with van der Waals surface area (Å²) in [6, 6.07) is 10.9.